The van der Waals surface area contributed by atoms with Crippen LogP contribution >= 0.6 is 0 Å². The van der Waals surface area contributed by atoms with Crippen molar-refractivity contribution in [2.45, 2.75) is 33.1 Å². The van der Waals surface area contributed by atoms with Gasteiger partial charge in [0.1, 0.15) is 0 Å². The maximum atomic E-state index is 4.55. The maximum Gasteiger partial charge on any atom is 0.0392 e. The Morgan fingerprint density at radius 1 is 1.14 bits per heavy atom. The van der Waals surface area contributed by atoms with Crippen molar-refractivity contribution in [2.24, 2.45) is 4.99 Å². The van der Waals surface area contributed by atoms with Gasteiger partial charge >= 0.3 is 0 Å². The number of aliphatic imine (C=N–C) groups is 1. The second kappa shape index (κ2) is 6.36. The molecule has 0 N–H and O–H groups in total. The van der Waals surface area contributed by atoms with E-state index in [2.05, 4.69) is 43.1 Å². The molecule has 0 atom stereocenters. The van der Waals surface area contributed by atoms with Crippen LogP contribution in [0.4, 0.5) is 0 Å². The van der Waals surface area contributed by atoms with Crippen LogP contribution in [0.3, 0.4) is 0 Å². The Bertz CT molecular complexity index is 275. The zero-order valence-corrected chi connectivity index (χ0v) is 9.16. The van der Waals surface area contributed by atoms with Crippen molar-refractivity contribution in [2.75, 3.05) is 6.54 Å². The van der Waals surface area contributed by atoms with Gasteiger partial charge < -0.3 is 0 Å². The fourth-order valence-electron chi connectivity index (χ4n) is 1.38. The summed E-state index contributed by atoms with van der Waals surface area (Å²) in [4.78, 5) is 4.55. The summed E-state index contributed by atoms with van der Waals surface area (Å²) >= 11 is 0. The van der Waals surface area contributed by atoms with Crippen molar-refractivity contribution in [3.8, 4) is 0 Å². The number of rotatable bonds is 5. The quantitative estimate of drug-likeness (QED) is 0.495. The van der Waals surface area contributed by atoms with Gasteiger partial charge in [0.25, 0.3) is 0 Å². The highest BCUT2D eigenvalue weighted by Gasteiger charge is 1.93. The molecule has 0 saturated carbocycles. The molecule has 0 spiro atoms. The summed E-state index contributed by atoms with van der Waals surface area (Å²) in [6.07, 6.45) is 3.76. The average molecular weight is 189 g/mol. The first kappa shape index (κ1) is 11.0. The van der Waals surface area contributed by atoms with Crippen LogP contribution in [0.25, 0.3) is 0 Å². The molecule has 1 aromatic carbocycles. The predicted octanol–water partition coefficient (Wildman–Crippen LogP) is 3.69. The molecule has 0 heterocycles. The molecule has 0 fully saturated rings. The van der Waals surface area contributed by atoms with Crippen molar-refractivity contribution in [3.05, 3.63) is 35.9 Å². The largest absolute Gasteiger partial charge is 0.289 e. The fourth-order valence-corrected chi connectivity index (χ4v) is 1.38. The second-order valence-corrected chi connectivity index (χ2v) is 3.54. The van der Waals surface area contributed by atoms with Gasteiger partial charge in [-0.1, -0.05) is 50.1 Å². The smallest absolute Gasteiger partial charge is 0.0392 e. The number of hydrogen-bond acceptors (Lipinski definition) is 1. The Morgan fingerprint density at radius 2 is 1.86 bits per heavy atom. The minimum atomic E-state index is 0.967. The van der Waals surface area contributed by atoms with E-state index in [1.165, 1.54) is 24.8 Å². The van der Waals surface area contributed by atoms with Gasteiger partial charge in [-0.25, -0.2) is 0 Å². The molecular weight excluding hydrogens is 170 g/mol. The van der Waals surface area contributed by atoms with Gasteiger partial charge in [-0.15, -0.1) is 0 Å². The Morgan fingerprint density at radius 3 is 2.50 bits per heavy atom. The highest BCUT2D eigenvalue weighted by Crippen LogP contribution is 2.02. The Balaban J connectivity index is 2.44. The lowest BCUT2D eigenvalue weighted by Gasteiger charge is -2.00. The summed E-state index contributed by atoms with van der Waals surface area (Å²) in [7, 11) is 0. The highest BCUT2D eigenvalue weighted by molar-refractivity contribution is 5.98. The predicted molar refractivity (Wildman–Crippen MR) is 63.0 cm³/mol. The van der Waals surface area contributed by atoms with Gasteiger partial charge in [0.15, 0.2) is 0 Å². The van der Waals surface area contributed by atoms with Crippen LogP contribution < -0.4 is 0 Å². The topological polar surface area (TPSA) is 12.4 Å². The summed E-state index contributed by atoms with van der Waals surface area (Å²) in [5.41, 5.74) is 2.39. The number of unbranched alkanes of at least 4 members (excludes halogenated alkanes) is 2. The first-order chi connectivity index (χ1) is 6.84. The second-order valence-electron chi connectivity index (χ2n) is 3.54. The molecule has 1 rings (SSSR count). The Labute approximate surface area is 86.9 Å². The molecule has 0 aliphatic rings. The minimum absolute atomic E-state index is 0.967. The molecule has 0 unspecified atom stereocenters. The molecule has 0 aliphatic carbocycles. The normalized spacial score (nSPS) is 11.7. The van der Waals surface area contributed by atoms with E-state index < -0.39 is 0 Å². The maximum absolute atomic E-state index is 4.55. The Kier molecular flexibility index (Phi) is 4.98. The van der Waals surface area contributed by atoms with Crippen LogP contribution in [-0.2, 0) is 0 Å². The first-order valence-corrected chi connectivity index (χ1v) is 5.41. The summed E-state index contributed by atoms with van der Waals surface area (Å²) in [5, 5.41) is 0. The van der Waals surface area contributed by atoms with Crippen molar-refractivity contribution in [1.82, 2.24) is 0 Å². The van der Waals surface area contributed by atoms with Gasteiger partial charge in [0.05, 0.1) is 0 Å². The summed E-state index contributed by atoms with van der Waals surface area (Å²) in [6.45, 7) is 5.27. The lowest BCUT2D eigenvalue weighted by atomic mass is 10.1. The van der Waals surface area contributed by atoms with Gasteiger partial charge in [0, 0.05) is 12.3 Å². The lowest BCUT2D eigenvalue weighted by Crippen LogP contribution is -1.95. The van der Waals surface area contributed by atoms with Crippen LogP contribution in [0.1, 0.15) is 38.7 Å². The van der Waals surface area contributed by atoms with E-state index in [-0.39, 0.29) is 0 Å². The van der Waals surface area contributed by atoms with Crippen LogP contribution in [0, 0.1) is 0 Å². The third-order valence-corrected chi connectivity index (χ3v) is 2.30. The molecule has 76 valence electrons. The van der Waals surface area contributed by atoms with Crippen LogP contribution in [0.15, 0.2) is 35.3 Å². The molecule has 1 aromatic rings. The molecule has 1 nitrogen and oxygen atoms in total. The molecule has 0 radical (unpaired) electrons. The molecule has 14 heavy (non-hydrogen) atoms. The van der Waals surface area contributed by atoms with Crippen molar-refractivity contribution >= 4 is 5.71 Å². The average Bonchev–Trinajstić information content (AvgIpc) is 2.25. The van der Waals surface area contributed by atoms with Crippen LogP contribution in [0.5, 0.6) is 0 Å². The van der Waals surface area contributed by atoms with Crippen molar-refractivity contribution in [3.63, 3.8) is 0 Å². The zero-order chi connectivity index (χ0) is 10.2. The number of nitrogens with zero attached hydrogens (tertiary/aromatic N) is 1. The van der Waals surface area contributed by atoms with E-state index >= 15 is 0 Å². The highest BCUT2D eigenvalue weighted by atomic mass is 14.7. The van der Waals surface area contributed by atoms with Crippen LogP contribution in [0.2, 0.25) is 0 Å². The summed E-state index contributed by atoms with van der Waals surface area (Å²) in [6, 6.07) is 10.4. The van der Waals surface area contributed by atoms with E-state index in [1.54, 1.807) is 0 Å². The standard InChI is InChI=1S/C13H19N/c1-3-4-8-11-14-12(2)13-9-6-5-7-10-13/h5-7,9-10H,3-4,8,11H2,1-2H3. The fraction of sp³-hybridized carbons (Fsp3) is 0.462. The zero-order valence-electron chi connectivity index (χ0n) is 9.16. The third kappa shape index (κ3) is 3.73. The molecule has 0 aliphatic heterocycles. The number of hydrogen-bond donors (Lipinski definition) is 0. The lowest BCUT2D eigenvalue weighted by molar-refractivity contribution is 0.728. The number of benzene rings is 1. The molecule has 0 aromatic heterocycles. The van der Waals surface area contributed by atoms with Crippen molar-refractivity contribution in [1.29, 1.82) is 0 Å². The van der Waals surface area contributed by atoms with E-state index in [4.69, 9.17) is 0 Å². The van der Waals surface area contributed by atoms with E-state index in [9.17, 15) is 0 Å². The van der Waals surface area contributed by atoms with Gasteiger partial charge in [-0.3, -0.25) is 4.99 Å². The third-order valence-electron chi connectivity index (χ3n) is 2.30. The van der Waals surface area contributed by atoms with E-state index in [0.717, 1.165) is 12.3 Å². The minimum Gasteiger partial charge on any atom is -0.289 e. The van der Waals surface area contributed by atoms with Gasteiger partial charge in [0.2, 0.25) is 0 Å². The van der Waals surface area contributed by atoms with Gasteiger partial charge in [-0.2, -0.15) is 0 Å². The molecule has 0 saturated heterocycles. The van der Waals surface area contributed by atoms with Crippen molar-refractivity contribution < 1.29 is 0 Å². The SMILES string of the molecule is CCCCCN=C(C)c1ccccc1. The van der Waals surface area contributed by atoms with E-state index in [0.29, 0.717) is 0 Å². The molecular formula is C13H19N. The van der Waals surface area contributed by atoms with Gasteiger partial charge in [-0.05, 0) is 18.9 Å². The molecule has 0 amide bonds. The molecule has 1 heteroatoms. The Hall–Kier alpha value is -1.11. The first-order valence-electron chi connectivity index (χ1n) is 5.41. The molecule has 0 bridgehead atoms. The monoisotopic (exact) mass is 189 g/mol. The summed E-state index contributed by atoms with van der Waals surface area (Å²) < 4.78 is 0. The summed E-state index contributed by atoms with van der Waals surface area (Å²) in [5.74, 6) is 0. The van der Waals surface area contributed by atoms with Crippen LogP contribution in [-0.4, -0.2) is 12.3 Å². The van der Waals surface area contributed by atoms with E-state index in [1.807, 2.05) is 6.07 Å².